The van der Waals surface area contributed by atoms with Crippen LogP contribution in [0.5, 0.6) is 5.75 Å². The van der Waals surface area contributed by atoms with Gasteiger partial charge in [0.25, 0.3) is 0 Å². The fraction of sp³-hybridized carbons (Fsp3) is 0.476. The highest BCUT2D eigenvalue weighted by atomic mass is 16.5. The fourth-order valence-corrected chi connectivity index (χ4v) is 3.62. The number of benzene rings is 1. The lowest BCUT2D eigenvalue weighted by Gasteiger charge is -2.35. The Balaban J connectivity index is 1.87. The lowest BCUT2D eigenvalue weighted by atomic mass is 9.93. The molecule has 8 nitrogen and oxygen atoms in total. The Morgan fingerprint density at radius 2 is 2.07 bits per heavy atom. The Morgan fingerprint density at radius 3 is 2.76 bits per heavy atom. The summed E-state index contributed by atoms with van der Waals surface area (Å²) in [5.74, 6) is -0.0514. The van der Waals surface area contributed by atoms with Gasteiger partial charge in [-0.25, -0.2) is 4.79 Å². The topological polar surface area (TPSA) is 101 Å². The molecule has 1 amide bonds. The number of amides is 1. The summed E-state index contributed by atoms with van der Waals surface area (Å²) in [7, 11) is 1.55. The van der Waals surface area contributed by atoms with E-state index in [1.165, 1.54) is 0 Å². The maximum atomic E-state index is 12.8. The Labute approximate surface area is 169 Å². The second kappa shape index (κ2) is 8.65. The molecule has 2 N–H and O–H groups in total. The number of fused-ring (bicyclic) bond motifs is 1. The van der Waals surface area contributed by atoms with Gasteiger partial charge in [-0.2, -0.15) is 0 Å². The Hall–Kier alpha value is -2.87. The number of aromatic amines is 1. The first-order chi connectivity index (χ1) is 13.8. The third-order valence-corrected chi connectivity index (χ3v) is 5.27. The first-order valence-corrected chi connectivity index (χ1v) is 9.77. The molecule has 1 aromatic carbocycles. The van der Waals surface area contributed by atoms with Crippen LogP contribution >= 0.6 is 0 Å². The van der Waals surface area contributed by atoms with Gasteiger partial charge in [0, 0.05) is 35.8 Å². The van der Waals surface area contributed by atoms with Gasteiger partial charge in [-0.05, 0) is 32.0 Å². The molecule has 2 aromatic rings. The summed E-state index contributed by atoms with van der Waals surface area (Å²) in [6.45, 7) is 6.45. The Morgan fingerprint density at radius 1 is 1.31 bits per heavy atom. The van der Waals surface area contributed by atoms with Crippen molar-refractivity contribution in [2.75, 3.05) is 32.1 Å². The Bertz CT molecular complexity index is 936. The smallest absolute Gasteiger partial charge is 0.356 e. The van der Waals surface area contributed by atoms with E-state index in [2.05, 4.69) is 10.3 Å². The fourth-order valence-electron chi connectivity index (χ4n) is 3.62. The minimum atomic E-state index is -0.538. The van der Waals surface area contributed by atoms with Crippen LogP contribution in [-0.4, -0.2) is 60.4 Å². The SMILES string of the molecule is CCOC(=O)c1[nH]c2ccc(OC)cc2c1NC(=O)CN1C[C@@H](C)C(=O)C[C@H]1C. The van der Waals surface area contributed by atoms with Crippen molar-refractivity contribution in [2.24, 2.45) is 5.92 Å². The van der Waals surface area contributed by atoms with E-state index in [0.717, 1.165) is 0 Å². The number of hydrogen-bond acceptors (Lipinski definition) is 6. The van der Waals surface area contributed by atoms with Crippen molar-refractivity contribution >= 4 is 34.3 Å². The van der Waals surface area contributed by atoms with Crippen molar-refractivity contribution in [1.29, 1.82) is 0 Å². The van der Waals surface area contributed by atoms with E-state index < -0.39 is 5.97 Å². The first-order valence-electron chi connectivity index (χ1n) is 9.77. The number of likely N-dealkylation sites (tertiary alicyclic amines) is 1. The van der Waals surface area contributed by atoms with Crippen molar-refractivity contribution in [2.45, 2.75) is 33.2 Å². The van der Waals surface area contributed by atoms with Crippen molar-refractivity contribution in [1.82, 2.24) is 9.88 Å². The van der Waals surface area contributed by atoms with E-state index >= 15 is 0 Å². The average molecular weight is 401 g/mol. The molecular formula is C21H27N3O5. The van der Waals surface area contributed by atoms with E-state index in [9.17, 15) is 14.4 Å². The van der Waals surface area contributed by atoms with Crippen LogP contribution in [0.4, 0.5) is 5.69 Å². The van der Waals surface area contributed by atoms with Crippen LogP contribution in [0.3, 0.4) is 0 Å². The standard InChI is InChI=1S/C21H27N3O5/c1-5-29-21(27)20-19(15-9-14(28-4)6-7-16(15)22-20)23-18(26)11-24-10-12(2)17(25)8-13(24)3/h6-7,9,12-13,22H,5,8,10-11H2,1-4H3,(H,23,26)/t12-,13-/m1/s1. The Kier molecular flexibility index (Phi) is 6.22. The summed E-state index contributed by atoms with van der Waals surface area (Å²) in [5, 5.41) is 3.53. The molecular weight excluding hydrogens is 374 g/mol. The largest absolute Gasteiger partial charge is 0.497 e. The number of nitrogens with one attached hydrogen (secondary N) is 2. The second-order valence-electron chi connectivity index (χ2n) is 7.41. The molecule has 0 aliphatic carbocycles. The summed E-state index contributed by atoms with van der Waals surface area (Å²) in [4.78, 5) is 42.1. The second-order valence-corrected chi connectivity index (χ2v) is 7.41. The summed E-state index contributed by atoms with van der Waals surface area (Å²) >= 11 is 0. The monoisotopic (exact) mass is 401 g/mol. The number of rotatable bonds is 6. The van der Waals surface area contributed by atoms with Gasteiger partial charge in [0.05, 0.1) is 25.9 Å². The molecule has 2 heterocycles. The number of aromatic nitrogens is 1. The summed E-state index contributed by atoms with van der Waals surface area (Å²) < 4.78 is 10.4. The number of Topliss-reactive ketones (excluding diaryl/α,β-unsaturated/α-hetero) is 1. The van der Waals surface area contributed by atoms with E-state index in [-0.39, 0.29) is 42.5 Å². The molecule has 0 saturated carbocycles. The number of anilines is 1. The zero-order valence-electron chi connectivity index (χ0n) is 17.2. The number of ether oxygens (including phenoxy) is 2. The summed E-state index contributed by atoms with van der Waals surface area (Å²) in [5.41, 5.74) is 1.25. The van der Waals surface area contributed by atoms with Gasteiger partial charge in [0.15, 0.2) is 0 Å². The number of carbonyl (C=O) groups is 3. The number of piperidine rings is 1. The molecule has 156 valence electrons. The molecule has 0 bridgehead atoms. The normalized spacial score (nSPS) is 19.9. The van der Waals surface area contributed by atoms with Crippen LogP contribution in [0.1, 0.15) is 37.7 Å². The van der Waals surface area contributed by atoms with Crippen LogP contribution in [0.25, 0.3) is 10.9 Å². The van der Waals surface area contributed by atoms with Crippen LogP contribution < -0.4 is 10.1 Å². The average Bonchev–Trinajstić information content (AvgIpc) is 3.04. The van der Waals surface area contributed by atoms with Crippen molar-refractivity contribution in [3.8, 4) is 5.75 Å². The number of ketones is 1. The van der Waals surface area contributed by atoms with E-state index in [1.54, 1.807) is 32.2 Å². The van der Waals surface area contributed by atoms with E-state index in [0.29, 0.717) is 35.3 Å². The molecule has 2 atom stereocenters. The zero-order chi connectivity index (χ0) is 21.1. The summed E-state index contributed by atoms with van der Waals surface area (Å²) in [6.07, 6.45) is 0.437. The number of esters is 1. The molecule has 1 aromatic heterocycles. The minimum absolute atomic E-state index is 0.00274. The quantitative estimate of drug-likeness (QED) is 0.722. The molecule has 8 heteroatoms. The maximum absolute atomic E-state index is 12.8. The first kappa shape index (κ1) is 20.9. The molecule has 0 radical (unpaired) electrons. The van der Waals surface area contributed by atoms with Gasteiger partial charge >= 0.3 is 5.97 Å². The van der Waals surface area contributed by atoms with Crippen molar-refractivity contribution < 1.29 is 23.9 Å². The number of nitrogens with zero attached hydrogens (tertiary/aromatic N) is 1. The number of methoxy groups -OCH3 is 1. The predicted molar refractivity (Wildman–Crippen MR) is 109 cm³/mol. The summed E-state index contributed by atoms with van der Waals surface area (Å²) in [6, 6.07) is 5.31. The highest BCUT2D eigenvalue weighted by Gasteiger charge is 2.30. The van der Waals surface area contributed by atoms with Crippen LogP contribution in [0.15, 0.2) is 18.2 Å². The number of hydrogen-bond donors (Lipinski definition) is 2. The lowest BCUT2D eigenvalue weighted by Crippen LogP contribution is -2.48. The van der Waals surface area contributed by atoms with Gasteiger partial charge < -0.3 is 19.8 Å². The van der Waals surface area contributed by atoms with E-state index in [1.807, 2.05) is 18.7 Å². The van der Waals surface area contributed by atoms with Gasteiger partial charge in [-0.15, -0.1) is 0 Å². The highest BCUT2D eigenvalue weighted by molar-refractivity contribution is 6.11. The zero-order valence-corrected chi connectivity index (χ0v) is 17.2. The van der Waals surface area contributed by atoms with Crippen LogP contribution in [0.2, 0.25) is 0 Å². The van der Waals surface area contributed by atoms with Gasteiger partial charge in [0.1, 0.15) is 17.2 Å². The molecule has 3 rings (SSSR count). The molecule has 1 aliphatic rings. The lowest BCUT2D eigenvalue weighted by molar-refractivity contribution is -0.129. The molecule has 29 heavy (non-hydrogen) atoms. The van der Waals surface area contributed by atoms with Crippen LogP contribution in [0, 0.1) is 5.92 Å². The maximum Gasteiger partial charge on any atom is 0.356 e. The third kappa shape index (κ3) is 4.42. The van der Waals surface area contributed by atoms with Crippen molar-refractivity contribution in [3.63, 3.8) is 0 Å². The minimum Gasteiger partial charge on any atom is -0.497 e. The van der Waals surface area contributed by atoms with Gasteiger partial charge in [-0.3, -0.25) is 14.5 Å². The molecule has 1 fully saturated rings. The number of carbonyl (C=O) groups excluding carboxylic acids is 3. The highest BCUT2D eigenvalue weighted by Crippen LogP contribution is 2.31. The van der Waals surface area contributed by atoms with Gasteiger partial charge in [0.2, 0.25) is 5.91 Å². The molecule has 0 spiro atoms. The molecule has 1 aliphatic heterocycles. The molecule has 1 saturated heterocycles. The third-order valence-electron chi connectivity index (χ3n) is 5.27. The molecule has 0 unspecified atom stereocenters. The van der Waals surface area contributed by atoms with Crippen molar-refractivity contribution in [3.05, 3.63) is 23.9 Å². The predicted octanol–water partition coefficient (Wildman–Crippen LogP) is 2.59. The van der Waals surface area contributed by atoms with E-state index in [4.69, 9.17) is 9.47 Å². The number of H-pyrrole nitrogens is 1. The van der Waals surface area contributed by atoms with Crippen LogP contribution in [-0.2, 0) is 14.3 Å². The van der Waals surface area contributed by atoms with Gasteiger partial charge in [-0.1, -0.05) is 6.92 Å².